The number of rotatable bonds is 7. The van der Waals surface area contributed by atoms with Crippen molar-refractivity contribution in [1.82, 2.24) is 15.4 Å². The van der Waals surface area contributed by atoms with E-state index in [1.165, 1.54) is 0 Å². The molecule has 152 valence electrons. The SMILES string of the molecule is O=C(ONC/C(=C/F)COc1ccc(-c2nc3ccccc3[nH]2)cc1)C(F)(F)F. The third-order valence-electron chi connectivity index (χ3n) is 3.79. The lowest BCUT2D eigenvalue weighted by Crippen LogP contribution is -2.32. The second-order valence-corrected chi connectivity index (χ2v) is 5.89. The molecule has 0 unspecified atom stereocenters. The van der Waals surface area contributed by atoms with Gasteiger partial charge in [-0.3, -0.25) is 0 Å². The number of halogens is 4. The highest BCUT2D eigenvalue weighted by Crippen LogP contribution is 2.23. The molecule has 2 N–H and O–H groups in total. The summed E-state index contributed by atoms with van der Waals surface area (Å²) in [6.07, 6.45) is -4.97. The Morgan fingerprint density at radius 2 is 1.86 bits per heavy atom. The number of hydrogen-bond donors (Lipinski definition) is 2. The van der Waals surface area contributed by atoms with Gasteiger partial charge in [-0.15, -0.1) is 5.48 Å². The first-order valence-electron chi connectivity index (χ1n) is 8.34. The number of carbonyl (C=O) groups is 1. The molecule has 2 aromatic carbocycles. The number of nitrogens with one attached hydrogen (secondary N) is 2. The Bertz CT molecular complexity index is 980. The number of aromatic amines is 1. The van der Waals surface area contributed by atoms with E-state index in [1.54, 1.807) is 29.7 Å². The Morgan fingerprint density at radius 1 is 1.14 bits per heavy atom. The fourth-order valence-electron chi connectivity index (χ4n) is 2.35. The molecule has 0 atom stereocenters. The molecule has 29 heavy (non-hydrogen) atoms. The van der Waals surface area contributed by atoms with E-state index in [4.69, 9.17) is 4.74 Å². The van der Waals surface area contributed by atoms with E-state index in [1.807, 2.05) is 24.3 Å². The van der Waals surface area contributed by atoms with Crippen LogP contribution in [0, 0.1) is 0 Å². The fraction of sp³-hybridized carbons (Fsp3) is 0.158. The molecular formula is C19H15F4N3O3. The predicted molar refractivity (Wildman–Crippen MR) is 96.4 cm³/mol. The summed E-state index contributed by atoms with van der Waals surface area (Å²) in [6.45, 7) is -0.716. The first kappa shape index (κ1) is 20.3. The Morgan fingerprint density at radius 3 is 2.52 bits per heavy atom. The lowest BCUT2D eigenvalue weighted by Gasteiger charge is -2.11. The van der Waals surface area contributed by atoms with Crippen LogP contribution < -0.4 is 10.2 Å². The molecule has 1 aromatic heterocycles. The maximum atomic E-state index is 12.8. The van der Waals surface area contributed by atoms with Crippen LogP contribution >= 0.6 is 0 Å². The molecule has 0 saturated carbocycles. The number of para-hydroxylation sites is 2. The first-order valence-corrected chi connectivity index (χ1v) is 8.34. The van der Waals surface area contributed by atoms with Crippen molar-refractivity contribution >= 4 is 17.0 Å². The topological polar surface area (TPSA) is 76.2 Å². The van der Waals surface area contributed by atoms with Crippen LogP contribution in [-0.4, -0.2) is 35.3 Å². The highest BCUT2D eigenvalue weighted by molar-refractivity contribution is 5.79. The monoisotopic (exact) mass is 409 g/mol. The van der Waals surface area contributed by atoms with Gasteiger partial charge in [0.15, 0.2) is 0 Å². The van der Waals surface area contributed by atoms with Gasteiger partial charge in [-0.1, -0.05) is 12.1 Å². The lowest BCUT2D eigenvalue weighted by atomic mass is 10.2. The van der Waals surface area contributed by atoms with E-state index in [0.717, 1.165) is 16.6 Å². The molecule has 0 bridgehead atoms. The van der Waals surface area contributed by atoms with Crippen LogP contribution in [0.2, 0.25) is 0 Å². The summed E-state index contributed by atoms with van der Waals surface area (Å²) in [4.78, 5) is 22.0. The van der Waals surface area contributed by atoms with Crippen molar-refractivity contribution in [3.05, 3.63) is 60.4 Å². The van der Waals surface area contributed by atoms with Crippen LogP contribution in [-0.2, 0) is 9.63 Å². The molecule has 6 nitrogen and oxygen atoms in total. The van der Waals surface area contributed by atoms with Crippen LogP contribution in [0.25, 0.3) is 22.4 Å². The average Bonchev–Trinajstić information content (AvgIpc) is 3.14. The van der Waals surface area contributed by atoms with Gasteiger partial charge in [0, 0.05) is 11.1 Å². The summed E-state index contributed by atoms with van der Waals surface area (Å²) < 4.78 is 54.3. The van der Waals surface area contributed by atoms with Crippen molar-refractivity contribution in [3.8, 4) is 17.1 Å². The van der Waals surface area contributed by atoms with Crippen molar-refractivity contribution in [1.29, 1.82) is 0 Å². The number of fused-ring (bicyclic) bond motifs is 1. The highest BCUT2D eigenvalue weighted by atomic mass is 19.4. The number of carbonyl (C=O) groups excluding carboxylic acids is 1. The molecule has 10 heteroatoms. The minimum atomic E-state index is -5.13. The molecule has 0 radical (unpaired) electrons. The van der Waals surface area contributed by atoms with Gasteiger partial charge in [-0.25, -0.2) is 14.2 Å². The van der Waals surface area contributed by atoms with Crippen LogP contribution in [0.5, 0.6) is 5.75 Å². The molecule has 0 aliphatic rings. The minimum absolute atomic E-state index is 0.0543. The Kier molecular flexibility index (Phi) is 6.13. The van der Waals surface area contributed by atoms with E-state index >= 15 is 0 Å². The van der Waals surface area contributed by atoms with Gasteiger partial charge in [-0.05, 0) is 36.4 Å². The third-order valence-corrected chi connectivity index (χ3v) is 3.79. The van der Waals surface area contributed by atoms with E-state index in [2.05, 4.69) is 14.8 Å². The standard InChI is InChI=1S/C19H15F4N3O3/c20-9-12(10-24-29-18(27)19(21,22)23)11-28-14-7-5-13(6-8-14)17-25-15-3-1-2-4-16(15)26-17/h1-9,24H,10-11H2,(H,25,26)/b12-9-. The van der Waals surface area contributed by atoms with Crippen molar-refractivity contribution in [2.75, 3.05) is 13.2 Å². The number of alkyl halides is 3. The van der Waals surface area contributed by atoms with Crippen LogP contribution in [0.3, 0.4) is 0 Å². The van der Waals surface area contributed by atoms with Gasteiger partial charge in [-0.2, -0.15) is 13.2 Å². The van der Waals surface area contributed by atoms with E-state index in [-0.39, 0.29) is 18.5 Å². The third kappa shape index (κ3) is 5.32. The van der Waals surface area contributed by atoms with Gasteiger partial charge in [0.2, 0.25) is 0 Å². The smallest absolute Gasteiger partial charge is 0.489 e. The van der Waals surface area contributed by atoms with Gasteiger partial charge in [0.25, 0.3) is 0 Å². The number of nitrogens with zero attached hydrogens (tertiary/aromatic N) is 1. The number of ether oxygens (including phenoxy) is 1. The minimum Gasteiger partial charge on any atom is -0.489 e. The van der Waals surface area contributed by atoms with Crippen molar-refractivity contribution < 1.29 is 31.9 Å². The summed E-state index contributed by atoms with van der Waals surface area (Å²) in [5, 5.41) is 0. The number of benzene rings is 2. The largest absolute Gasteiger partial charge is 0.492 e. The van der Waals surface area contributed by atoms with E-state index < -0.39 is 18.7 Å². The maximum Gasteiger partial charge on any atom is 0.492 e. The van der Waals surface area contributed by atoms with E-state index in [0.29, 0.717) is 11.6 Å². The Labute approximate surface area is 162 Å². The highest BCUT2D eigenvalue weighted by Gasteiger charge is 2.41. The Balaban J connectivity index is 1.53. The predicted octanol–water partition coefficient (Wildman–Crippen LogP) is 4.07. The van der Waals surface area contributed by atoms with Crippen LogP contribution in [0.1, 0.15) is 0 Å². The van der Waals surface area contributed by atoms with E-state index in [9.17, 15) is 22.4 Å². The average molecular weight is 409 g/mol. The molecule has 0 aliphatic carbocycles. The molecule has 0 spiro atoms. The fourth-order valence-corrected chi connectivity index (χ4v) is 2.35. The first-order chi connectivity index (χ1) is 13.9. The number of hydrogen-bond acceptors (Lipinski definition) is 5. The number of hydroxylamine groups is 1. The second kappa shape index (κ2) is 8.74. The van der Waals surface area contributed by atoms with Crippen LogP contribution in [0.15, 0.2) is 60.4 Å². The van der Waals surface area contributed by atoms with Crippen LogP contribution in [0.4, 0.5) is 17.6 Å². The maximum absolute atomic E-state index is 12.8. The van der Waals surface area contributed by atoms with Crippen molar-refractivity contribution in [2.24, 2.45) is 0 Å². The normalized spacial score (nSPS) is 12.2. The molecule has 0 aliphatic heterocycles. The van der Waals surface area contributed by atoms with Crippen molar-refractivity contribution in [3.63, 3.8) is 0 Å². The quantitative estimate of drug-likeness (QED) is 0.455. The van der Waals surface area contributed by atoms with Gasteiger partial charge in [0.05, 0.1) is 23.9 Å². The number of aromatic nitrogens is 2. The van der Waals surface area contributed by atoms with Gasteiger partial charge >= 0.3 is 12.1 Å². The molecule has 1 heterocycles. The number of imidazole rings is 1. The zero-order valence-corrected chi connectivity index (χ0v) is 14.8. The van der Waals surface area contributed by atoms with Crippen molar-refractivity contribution in [2.45, 2.75) is 6.18 Å². The molecule has 3 aromatic rings. The lowest BCUT2D eigenvalue weighted by molar-refractivity contribution is -0.206. The summed E-state index contributed by atoms with van der Waals surface area (Å²) >= 11 is 0. The van der Waals surface area contributed by atoms with Gasteiger partial charge < -0.3 is 14.6 Å². The summed E-state index contributed by atoms with van der Waals surface area (Å²) in [7, 11) is 0. The molecule has 0 saturated heterocycles. The Hall–Kier alpha value is -3.40. The molecule has 3 rings (SSSR count). The van der Waals surface area contributed by atoms with Gasteiger partial charge in [0.1, 0.15) is 18.2 Å². The second-order valence-electron chi connectivity index (χ2n) is 5.89. The summed E-state index contributed by atoms with van der Waals surface area (Å²) in [6, 6.07) is 14.4. The summed E-state index contributed by atoms with van der Waals surface area (Å²) in [5.74, 6) is -1.33. The zero-order valence-electron chi connectivity index (χ0n) is 14.8. The molecule has 0 amide bonds. The molecule has 0 fully saturated rings. The summed E-state index contributed by atoms with van der Waals surface area (Å²) in [5.41, 5.74) is 4.25. The molecular weight excluding hydrogens is 394 g/mol. The zero-order chi connectivity index (χ0) is 20.9. The number of H-pyrrole nitrogens is 1.